The van der Waals surface area contributed by atoms with Gasteiger partial charge in [0.15, 0.2) is 0 Å². The SMILES string of the molecule is Cc1ccc(-c2cc(C(=O)NCC(C)(C)N3CCOCC3)c3c(C)noc3n2)cc1. The van der Waals surface area contributed by atoms with Crippen molar-refractivity contribution in [3.05, 3.63) is 47.2 Å². The molecule has 30 heavy (non-hydrogen) atoms. The Bertz CT molecular complexity index is 1050. The van der Waals surface area contributed by atoms with E-state index in [1.54, 1.807) is 0 Å². The number of nitrogens with one attached hydrogen (secondary N) is 1. The molecule has 2 aromatic heterocycles. The zero-order valence-electron chi connectivity index (χ0n) is 18.0. The molecule has 0 atom stereocenters. The number of nitrogens with zero attached hydrogens (tertiary/aromatic N) is 3. The zero-order valence-corrected chi connectivity index (χ0v) is 18.0. The summed E-state index contributed by atoms with van der Waals surface area (Å²) in [6, 6.07) is 9.87. The van der Waals surface area contributed by atoms with Gasteiger partial charge in [-0.25, -0.2) is 4.98 Å². The first kappa shape index (κ1) is 20.5. The normalized spacial score (nSPS) is 15.5. The molecule has 1 aliphatic rings. The molecule has 7 heteroatoms. The van der Waals surface area contributed by atoms with Crippen molar-refractivity contribution in [2.75, 3.05) is 32.8 Å². The summed E-state index contributed by atoms with van der Waals surface area (Å²) in [4.78, 5) is 20.2. The molecule has 0 spiro atoms. The van der Waals surface area contributed by atoms with E-state index >= 15 is 0 Å². The Morgan fingerprint density at radius 3 is 2.57 bits per heavy atom. The second-order valence-corrected chi connectivity index (χ2v) is 8.46. The van der Waals surface area contributed by atoms with Crippen molar-refractivity contribution in [3.8, 4) is 11.3 Å². The highest BCUT2D eigenvalue weighted by atomic mass is 16.5. The number of aryl methyl sites for hydroxylation is 2. The highest BCUT2D eigenvalue weighted by Crippen LogP contribution is 2.27. The Morgan fingerprint density at radius 2 is 1.87 bits per heavy atom. The molecule has 1 fully saturated rings. The van der Waals surface area contributed by atoms with E-state index in [1.807, 2.05) is 44.2 Å². The number of hydrogen-bond donors (Lipinski definition) is 1. The van der Waals surface area contributed by atoms with Gasteiger partial charge in [-0.3, -0.25) is 9.69 Å². The van der Waals surface area contributed by atoms with Gasteiger partial charge in [-0.15, -0.1) is 0 Å². The first-order chi connectivity index (χ1) is 14.3. The average Bonchev–Trinajstić information content (AvgIpc) is 3.13. The minimum absolute atomic E-state index is 0.150. The highest BCUT2D eigenvalue weighted by molar-refractivity contribution is 6.07. The highest BCUT2D eigenvalue weighted by Gasteiger charge is 2.29. The molecule has 0 bridgehead atoms. The van der Waals surface area contributed by atoms with Gasteiger partial charge in [-0.05, 0) is 33.8 Å². The molecule has 7 nitrogen and oxygen atoms in total. The molecule has 158 valence electrons. The van der Waals surface area contributed by atoms with Crippen LogP contribution in [0.3, 0.4) is 0 Å². The van der Waals surface area contributed by atoms with E-state index in [-0.39, 0.29) is 11.4 Å². The molecule has 0 radical (unpaired) electrons. The van der Waals surface area contributed by atoms with Gasteiger partial charge < -0.3 is 14.6 Å². The topological polar surface area (TPSA) is 80.5 Å². The van der Waals surface area contributed by atoms with E-state index in [1.165, 1.54) is 5.56 Å². The van der Waals surface area contributed by atoms with Crippen LogP contribution < -0.4 is 5.32 Å². The Morgan fingerprint density at radius 1 is 1.17 bits per heavy atom. The monoisotopic (exact) mass is 408 g/mol. The first-order valence-corrected chi connectivity index (χ1v) is 10.3. The molecule has 1 aromatic carbocycles. The standard InChI is InChI=1S/C23H28N4O3/c1-15-5-7-17(8-6-15)19-13-18(20-16(2)26-30-22(20)25-19)21(28)24-14-23(3,4)27-9-11-29-12-10-27/h5-8,13H,9-12,14H2,1-4H3,(H,24,28). The van der Waals surface area contributed by atoms with Crippen LogP contribution in [0.4, 0.5) is 0 Å². The maximum atomic E-state index is 13.2. The number of carbonyl (C=O) groups is 1. The van der Waals surface area contributed by atoms with Crippen molar-refractivity contribution in [2.24, 2.45) is 0 Å². The van der Waals surface area contributed by atoms with Crippen molar-refractivity contribution in [1.82, 2.24) is 20.4 Å². The van der Waals surface area contributed by atoms with Crippen LogP contribution in [-0.4, -0.2) is 59.3 Å². The molecule has 1 saturated heterocycles. The smallest absolute Gasteiger partial charge is 0.259 e. The minimum Gasteiger partial charge on any atom is -0.379 e. The molecule has 0 aliphatic carbocycles. The van der Waals surface area contributed by atoms with Crippen molar-refractivity contribution in [2.45, 2.75) is 33.2 Å². The van der Waals surface area contributed by atoms with Gasteiger partial charge in [0.05, 0.1) is 35.6 Å². The summed E-state index contributed by atoms with van der Waals surface area (Å²) >= 11 is 0. The third-order valence-electron chi connectivity index (χ3n) is 5.76. The van der Waals surface area contributed by atoms with E-state index in [0.29, 0.717) is 34.6 Å². The summed E-state index contributed by atoms with van der Waals surface area (Å²) in [6.07, 6.45) is 0. The van der Waals surface area contributed by atoms with Crippen LogP contribution in [0, 0.1) is 13.8 Å². The van der Waals surface area contributed by atoms with E-state index in [9.17, 15) is 4.79 Å². The average molecular weight is 409 g/mol. The molecular weight excluding hydrogens is 380 g/mol. The Kier molecular flexibility index (Phi) is 5.58. The number of rotatable bonds is 5. The van der Waals surface area contributed by atoms with Crippen LogP contribution in [0.1, 0.15) is 35.5 Å². The number of benzene rings is 1. The van der Waals surface area contributed by atoms with Crippen LogP contribution in [-0.2, 0) is 4.74 Å². The largest absolute Gasteiger partial charge is 0.379 e. The van der Waals surface area contributed by atoms with Crippen molar-refractivity contribution in [3.63, 3.8) is 0 Å². The fourth-order valence-corrected chi connectivity index (χ4v) is 3.82. The van der Waals surface area contributed by atoms with Gasteiger partial charge in [-0.2, -0.15) is 0 Å². The predicted octanol–water partition coefficient (Wildman–Crippen LogP) is 3.35. The van der Waals surface area contributed by atoms with Gasteiger partial charge >= 0.3 is 0 Å². The lowest BCUT2D eigenvalue weighted by Crippen LogP contribution is -2.55. The summed E-state index contributed by atoms with van der Waals surface area (Å²) < 4.78 is 10.9. The van der Waals surface area contributed by atoms with Crippen molar-refractivity contribution in [1.29, 1.82) is 0 Å². The minimum atomic E-state index is -0.172. The van der Waals surface area contributed by atoms with Crippen LogP contribution in [0.5, 0.6) is 0 Å². The number of ether oxygens (including phenoxy) is 1. The Hall–Kier alpha value is -2.77. The van der Waals surface area contributed by atoms with E-state index < -0.39 is 0 Å². The summed E-state index contributed by atoms with van der Waals surface area (Å²) in [5.41, 5.74) is 4.18. The van der Waals surface area contributed by atoms with Gasteiger partial charge in [-0.1, -0.05) is 35.0 Å². The summed E-state index contributed by atoms with van der Waals surface area (Å²) in [5.74, 6) is -0.150. The van der Waals surface area contributed by atoms with Gasteiger partial charge in [0.1, 0.15) is 0 Å². The van der Waals surface area contributed by atoms with Crippen molar-refractivity contribution >= 4 is 17.0 Å². The summed E-state index contributed by atoms with van der Waals surface area (Å²) in [7, 11) is 0. The number of carbonyl (C=O) groups excluding carboxylic acids is 1. The molecule has 0 saturated carbocycles. The second-order valence-electron chi connectivity index (χ2n) is 8.46. The molecule has 0 unspecified atom stereocenters. The molecule has 1 amide bonds. The second kappa shape index (κ2) is 8.16. The fourth-order valence-electron chi connectivity index (χ4n) is 3.82. The number of aromatic nitrogens is 2. The lowest BCUT2D eigenvalue weighted by Gasteiger charge is -2.40. The maximum absolute atomic E-state index is 13.2. The third-order valence-corrected chi connectivity index (χ3v) is 5.76. The Balaban J connectivity index is 1.62. The number of amides is 1. The molecule has 4 rings (SSSR count). The van der Waals surface area contributed by atoms with E-state index in [0.717, 1.165) is 31.9 Å². The first-order valence-electron chi connectivity index (χ1n) is 10.3. The van der Waals surface area contributed by atoms with Crippen molar-refractivity contribution < 1.29 is 14.1 Å². The quantitative estimate of drug-likeness (QED) is 0.697. The number of hydrogen-bond acceptors (Lipinski definition) is 6. The van der Waals surface area contributed by atoms with E-state index in [4.69, 9.17) is 9.26 Å². The third kappa shape index (κ3) is 4.08. The van der Waals surface area contributed by atoms with Crippen LogP contribution >= 0.6 is 0 Å². The molecule has 3 aromatic rings. The van der Waals surface area contributed by atoms with Gasteiger partial charge in [0.25, 0.3) is 11.6 Å². The lowest BCUT2D eigenvalue weighted by molar-refractivity contribution is -0.00922. The van der Waals surface area contributed by atoms with Crippen LogP contribution in [0.15, 0.2) is 34.9 Å². The molecule has 1 aliphatic heterocycles. The molecular formula is C23H28N4O3. The molecule has 3 heterocycles. The maximum Gasteiger partial charge on any atom is 0.259 e. The Labute approximate surface area is 176 Å². The summed E-state index contributed by atoms with van der Waals surface area (Å²) in [5, 5.41) is 7.81. The summed E-state index contributed by atoms with van der Waals surface area (Å²) in [6.45, 7) is 11.9. The van der Waals surface area contributed by atoms with Crippen LogP contribution in [0.25, 0.3) is 22.4 Å². The zero-order chi connectivity index (χ0) is 21.3. The predicted molar refractivity (Wildman–Crippen MR) is 116 cm³/mol. The van der Waals surface area contributed by atoms with Gasteiger partial charge in [0.2, 0.25) is 0 Å². The fraction of sp³-hybridized carbons (Fsp3) is 0.435. The van der Waals surface area contributed by atoms with Gasteiger partial charge in [0, 0.05) is 30.7 Å². The number of pyridine rings is 1. The molecule has 1 N–H and O–H groups in total. The number of fused-ring (bicyclic) bond motifs is 1. The van der Waals surface area contributed by atoms with E-state index in [2.05, 4.69) is 34.2 Å². The lowest BCUT2D eigenvalue weighted by atomic mass is 10.0. The number of morpholine rings is 1. The van der Waals surface area contributed by atoms with Crippen LogP contribution in [0.2, 0.25) is 0 Å².